The van der Waals surface area contributed by atoms with E-state index in [1.165, 1.54) is 36.6 Å². The first-order chi connectivity index (χ1) is 12.9. The summed E-state index contributed by atoms with van der Waals surface area (Å²) in [7, 11) is 0. The van der Waals surface area contributed by atoms with E-state index in [2.05, 4.69) is 25.2 Å². The maximum atomic E-state index is 13.2. The highest BCUT2D eigenvalue weighted by atomic mass is 19.4. The summed E-state index contributed by atoms with van der Waals surface area (Å²) in [6.07, 6.45) is -3.33. The molecular weight excluding hydrogens is 365 g/mol. The second kappa shape index (κ2) is 7.44. The van der Waals surface area contributed by atoms with Gasteiger partial charge in [0, 0.05) is 11.6 Å². The Morgan fingerprint density at radius 3 is 2.59 bits per heavy atom. The van der Waals surface area contributed by atoms with Gasteiger partial charge in [0.05, 0.1) is 17.9 Å². The fraction of sp³-hybridized carbons (Fsp3) is 0.176. The number of carbonyl (C=O) groups is 1. The zero-order chi connectivity index (χ0) is 19.4. The van der Waals surface area contributed by atoms with Crippen molar-refractivity contribution in [3.8, 4) is 17.0 Å². The fourth-order valence-electron chi connectivity index (χ4n) is 2.26. The first kappa shape index (κ1) is 18.4. The van der Waals surface area contributed by atoms with Gasteiger partial charge < -0.3 is 14.6 Å². The van der Waals surface area contributed by atoms with Crippen molar-refractivity contribution in [2.45, 2.75) is 13.1 Å². The molecule has 1 N–H and O–H groups in total. The number of hydrogen-bond donors (Lipinski definition) is 1. The van der Waals surface area contributed by atoms with Crippen molar-refractivity contribution in [3.05, 3.63) is 53.9 Å². The van der Waals surface area contributed by atoms with Gasteiger partial charge >= 0.3 is 6.18 Å². The lowest BCUT2D eigenvalue weighted by molar-refractivity contribution is -0.138. The Bertz CT molecular complexity index is 926. The molecule has 27 heavy (non-hydrogen) atoms. The van der Waals surface area contributed by atoms with Crippen molar-refractivity contribution < 1.29 is 27.2 Å². The molecule has 0 saturated carbocycles. The van der Waals surface area contributed by atoms with Gasteiger partial charge in [-0.15, -0.1) is 10.2 Å². The Morgan fingerprint density at radius 2 is 2.00 bits per heavy atom. The number of carbonyl (C=O) groups excluding carboxylic acids is 1. The fourth-order valence-corrected chi connectivity index (χ4v) is 2.26. The molecule has 0 aliphatic carbocycles. The molecular formula is C17H13F3N4O3. The molecule has 0 fully saturated rings. The molecule has 0 radical (unpaired) electrons. The maximum absolute atomic E-state index is 13.2. The van der Waals surface area contributed by atoms with Crippen molar-refractivity contribution >= 4 is 11.7 Å². The monoisotopic (exact) mass is 378 g/mol. The van der Waals surface area contributed by atoms with E-state index in [4.69, 9.17) is 4.74 Å². The Hall–Kier alpha value is -3.43. The van der Waals surface area contributed by atoms with Crippen molar-refractivity contribution in [2.24, 2.45) is 0 Å². The van der Waals surface area contributed by atoms with Gasteiger partial charge in [0.2, 0.25) is 0 Å². The summed E-state index contributed by atoms with van der Waals surface area (Å²) in [5, 5.41) is 13.6. The van der Waals surface area contributed by atoms with Crippen LogP contribution in [0.15, 0.2) is 47.2 Å². The number of nitrogens with one attached hydrogen (secondary N) is 1. The molecule has 2 heterocycles. The zero-order valence-corrected chi connectivity index (χ0v) is 13.9. The van der Waals surface area contributed by atoms with Gasteiger partial charge in [-0.1, -0.05) is 5.16 Å². The average molecular weight is 378 g/mol. The molecule has 0 atom stereocenters. The van der Waals surface area contributed by atoms with Crippen LogP contribution >= 0.6 is 0 Å². The number of amides is 1. The largest absolute Gasteiger partial charge is 0.493 e. The number of ether oxygens (including phenoxy) is 1. The van der Waals surface area contributed by atoms with E-state index in [1.807, 2.05) is 0 Å². The van der Waals surface area contributed by atoms with E-state index >= 15 is 0 Å². The molecule has 0 unspecified atom stereocenters. The van der Waals surface area contributed by atoms with Crippen molar-refractivity contribution in [1.29, 1.82) is 0 Å². The summed E-state index contributed by atoms with van der Waals surface area (Å²) >= 11 is 0. The minimum absolute atomic E-state index is 0.0576. The summed E-state index contributed by atoms with van der Waals surface area (Å²) in [4.78, 5) is 11.8. The highest BCUT2D eigenvalue weighted by molar-refractivity contribution is 6.02. The first-order valence-corrected chi connectivity index (χ1v) is 7.78. The maximum Gasteiger partial charge on any atom is 0.419 e. The molecule has 10 heteroatoms. The van der Waals surface area contributed by atoms with Crippen LogP contribution in [0, 0.1) is 0 Å². The second-order valence-electron chi connectivity index (χ2n) is 5.28. The molecule has 0 spiro atoms. The lowest BCUT2D eigenvalue weighted by Crippen LogP contribution is -2.13. The Labute approximate surface area is 151 Å². The number of benzene rings is 1. The normalized spacial score (nSPS) is 11.3. The van der Waals surface area contributed by atoms with Crippen molar-refractivity contribution in [2.75, 3.05) is 11.9 Å². The molecule has 0 saturated heterocycles. The Kier molecular flexibility index (Phi) is 5.06. The van der Waals surface area contributed by atoms with E-state index in [1.54, 1.807) is 6.92 Å². The van der Waals surface area contributed by atoms with Gasteiger partial charge in [0.1, 0.15) is 12.0 Å². The second-order valence-corrected chi connectivity index (χ2v) is 5.28. The topological polar surface area (TPSA) is 90.1 Å². The number of hydrogen-bond acceptors (Lipinski definition) is 6. The molecule has 3 aromatic rings. The highest BCUT2D eigenvalue weighted by Crippen LogP contribution is 2.38. The van der Waals surface area contributed by atoms with Crippen LogP contribution in [-0.4, -0.2) is 27.9 Å². The molecule has 2 aromatic heterocycles. The van der Waals surface area contributed by atoms with E-state index in [0.717, 1.165) is 6.07 Å². The lowest BCUT2D eigenvalue weighted by Gasteiger charge is -2.14. The molecule has 7 nitrogen and oxygen atoms in total. The van der Waals surface area contributed by atoms with Crippen molar-refractivity contribution in [1.82, 2.24) is 15.4 Å². The molecule has 3 rings (SSSR count). The van der Waals surface area contributed by atoms with Gasteiger partial charge in [-0.05, 0) is 37.3 Å². The average Bonchev–Trinajstić information content (AvgIpc) is 3.17. The minimum atomic E-state index is -4.57. The molecule has 0 aliphatic heterocycles. The van der Waals surface area contributed by atoms with Crippen LogP contribution in [0.1, 0.15) is 23.0 Å². The van der Waals surface area contributed by atoms with Gasteiger partial charge in [0.15, 0.2) is 11.5 Å². The summed E-state index contributed by atoms with van der Waals surface area (Å²) < 4.78 is 49.3. The third-order valence-electron chi connectivity index (χ3n) is 3.46. The van der Waals surface area contributed by atoms with Gasteiger partial charge in [-0.25, -0.2) is 0 Å². The lowest BCUT2D eigenvalue weighted by atomic mass is 10.1. The van der Waals surface area contributed by atoms with Crippen LogP contribution < -0.4 is 10.1 Å². The van der Waals surface area contributed by atoms with Gasteiger partial charge in [-0.2, -0.15) is 13.2 Å². The summed E-state index contributed by atoms with van der Waals surface area (Å²) in [6.45, 7) is 1.72. The quantitative estimate of drug-likeness (QED) is 0.726. The van der Waals surface area contributed by atoms with Crippen LogP contribution in [0.4, 0.5) is 19.0 Å². The predicted molar refractivity (Wildman–Crippen MR) is 88.1 cm³/mol. The number of halogens is 3. The third-order valence-corrected chi connectivity index (χ3v) is 3.46. The number of anilines is 1. The standard InChI is InChI=1S/C17H13F3N4O3/c1-2-26-14-5-3-10(9-11(14)17(18,19)20)12-4-6-15(23-22-12)21-16(25)13-7-8-27-24-13/h3-9H,2H2,1H3,(H,21,23,25). The Morgan fingerprint density at radius 1 is 1.19 bits per heavy atom. The van der Waals surface area contributed by atoms with Gasteiger partial charge in [-0.3, -0.25) is 4.79 Å². The number of aromatic nitrogens is 3. The minimum Gasteiger partial charge on any atom is -0.493 e. The molecule has 1 aromatic carbocycles. The number of rotatable bonds is 5. The molecule has 1 amide bonds. The third kappa shape index (κ3) is 4.22. The SMILES string of the molecule is CCOc1ccc(-c2ccc(NC(=O)c3ccon3)nn2)cc1C(F)(F)F. The molecule has 140 valence electrons. The molecule has 0 bridgehead atoms. The van der Waals surface area contributed by atoms with Crippen LogP contribution in [-0.2, 0) is 6.18 Å². The van der Waals surface area contributed by atoms with Crippen molar-refractivity contribution in [3.63, 3.8) is 0 Å². The van der Waals surface area contributed by atoms with E-state index in [9.17, 15) is 18.0 Å². The van der Waals surface area contributed by atoms with Crippen LogP contribution in [0.3, 0.4) is 0 Å². The summed E-state index contributed by atoms with van der Waals surface area (Å²) in [6, 6.07) is 7.88. The number of nitrogens with zero attached hydrogens (tertiary/aromatic N) is 3. The van der Waals surface area contributed by atoms with Crippen LogP contribution in [0.5, 0.6) is 5.75 Å². The molecule has 0 aliphatic rings. The summed E-state index contributed by atoms with van der Waals surface area (Å²) in [5.74, 6) is -0.682. The predicted octanol–water partition coefficient (Wildman–Crippen LogP) is 3.80. The number of alkyl halides is 3. The van der Waals surface area contributed by atoms with Crippen LogP contribution in [0.25, 0.3) is 11.3 Å². The van der Waals surface area contributed by atoms with Crippen LogP contribution in [0.2, 0.25) is 0 Å². The van der Waals surface area contributed by atoms with E-state index in [-0.39, 0.29) is 35.1 Å². The zero-order valence-electron chi connectivity index (χ0n) is 13.9. The van der Waals surface area contributed by atoms with E-state index in [0.29, 0.717) is 0 Å². The van der Waals surface area contributed by atoms with E-state index < -0.39 is 17.6 Å². The Balaban J connectivity index is 1.83. The smallest absolute Gasteiger partial charge is 0.419 e. The van der Waals surface area contributed by atoms with Gasteiger partial charge in [0.25, 0.3) is 5.91 Å². The highest BCUT2D eigenvalue weighted by Gasteiger charge is 2.34. The summed E-state index contributed by atoms with van der Waals surface area (Å²) in [5.41, 5.74) is -0.412. The first-order valence-electron chi connectivity index (χ1n) is 7.78.